The van der Waals surface area contributed by atoms with E-state index in [9.17, 15) is 9.59 Å². The van der Waals surface area contributed by atoms with E-state index in [1.807, 2.05) is 24.4 Å². The molecule has 0 bridgehead atoms. The van der Waals surface area contributed by atoms with Crippen LogP contribution in [-0.4, -0.2) is 23.3 Å². The molecule has 3 rings (SSSR count). The maximum atomic E-state index is 12.3. The van der Waals surface area contributed by atoms with Crippen molar-refractivity contribution in [2.24, 2.45) is 0 Å². The van der Waals surface area contributed by atoms with Crippen molar-refractivity contribution in [1.29, 1.82) is 0 Å². The summed E-state index contributed by atoms with van der Waals surface area (Å²) in [5.74, 6) is 1.94. The van der Waals surface area contributed by atoms with Gasteiger partial charge < -0.3 is 15.6 Å². The molecule has 0 saturated heterocycles. The summed E-state index contributed by atoms with van der Waals surface area (Å²) in [5, 5.41) is 6.63. The maximum absolute atomic E-state index is 12.3. The van der Waals surface area contributed by atoms with Crippen molar-refractivity contribution in [3.63, 3.8) is 0 Å². The Bertz CT molecular complexity index is 998. The third-order valence-electron chi connectivity index (χ3n) is 4.32. The average molecular weight is 359 g/mol. The number of hydrogen-bond acceptors (Lipinski definition) is 2. The fraction of sp³-hybridized carbons (Fsp3) is 0.182. The Morgan fingerprint density at radius 2 is 1.85 bits per heavy atom. The molecule has 2 amide bonds. The number of aromatic nitrogens is 1. The van der Waals surface area contributed by atoms with Crippen LogP contribution in [0.4, 0.5) is 5.69 Å². The van der Waals surface area contributed by atoms with E-state index in [0.29, 0.717) is 17.7 Å². The molecule has 27 heavy (non-hydrogen) atoms. The van der Waals surface area contributed by atoms with Crippen LogP contribution < -0.4 is 10.6 Å². The molecular weight excluding hydrogens is 338 g/mol. The number of H-pyrrole nitrogens is 1. The first-order valence-corrected chi connectivity index (χ1v) is 8.84. The predicted molar refractivity (Wildman–Crippen MR) is 107 cm³/mol. The zero-order valence-electron chi connectivity index (χ0n) is 14.9. The molecule has 5 nitrogen and oxygen atoms in total. The Balaban J connectivity index is 1.57. The highest BCUT2D eigenvalue weighted by molar-refractivity contribution is 6.03. The van der Waals surface area contributed by atoms with E-state index in [1.54, 1.807) is 24.3 Å². The number of aryl methyl sites for hydroxylation is 1. The van der Waals surface area contributed by atoms with E-state index < -0.39 is 0 Å². The number of amides is 2. The summed E-state index contributed by atoms with van der Waals surface area (Å²) < 4.78 is 0. The first kappa shape index (κ1) is 18.3. The van der Waals surface area contributed by atoms with Crippen LogP contribution in [0.5, 0.6) is 0 Å². The minimum Gasteiger partial charge on any atom is -0.361 e. The minimum absolute atomic E-state index is 0.118. The van der Waals surface area contributed by atoms with Gasteiger partial charge in [-0.25, -0.2) is 0 Å². The van der Waals surface area contributed by atoms with Crippen LogP contribution >= 0.6 is 0 Å². The predicted octanol–water partition coefficient (Wildman–Crippen LogP) is 3.49. The second kappa shape index (κ2) is 8.72. The van der Waals surface area contributed by atoms with E-state index in [-0.39, 0.29) is 18.4 Å². The van der Waals surface area contributed by atoms with Gasteiger partial charge in [0.15, 0.2) is 0 Å². The molecule has 0 radical (unpaired) electrons. The highest BCUT2D eigenvalue weighted by atomic mass is 16.2. The monoisotopic (exact) mass is 359 g/mol. The summed E-state index contributed by atoms with van der Waals surface area (Å²) in [4.78, 5) is 27.7. The topological polar surface area (TPSA) is 74.0 Å². The zero-order chi connectivity index (χ0) is 19.1. The molecule has 0 aliphatic carbocycles. The summed E-state index contributed by atoms with van der Waals surface area (Å²) in [6, 6.07) is 15.0. The number of terminal acetylenes is 1. The van der Waals surface area contributed by atoms with E-state index in [1.165, 1.54) is 10.9 Å². The molecule has 0 spiro atoms. The van der Waals surface area contributed by atoms with Crippen molar-refractivity contribution in [3.8, 4) is 12.3 Å². The van der Waals surface area contributed by atoms with Crippen molar-refractivity contribution in [3.05, 3.63) is 65.9 Å². The Morgan fingerprint density at radius 3 is 2.70 bits per heavy atom. The summed E-state index contributed by atoms with van der Waals surface area (Å²) in [6.45, 7) is 0.145. The minimum atomic E-state index is -0.303. The van der Waals surface area contributed by atoms with E-state index in [0.717, 1.165) is 18.4 Å². The van der Waals surface area contributed by atoms with Crippen LogP contribution in [0.25, 0.3) is 10.9 Å². The first-order chi connectivity index (χ1) is 13.2. The molecular formula is C22H21N3O2. The highest BCUT2D eigenvalue weighted by Gasteiger charge is 2.12. The first-order valence-electron chi connectivity index (χ1n) is 8.84. The number of nitrogens with one attached hydrogen (secondary N) is 3. The third kappa shape index (κ3) is 4.56. The van der Waals surface area contributed by atoms with Crippen molar-refractivity contribution in [1.82, 2.24) is 10.3 Å². The molecule has 2 aromatic carbocycles. The second-order valence-electron chi connectivity index (χ2n) is 6.19. The lowest BCUT2D eigenvalue weighted by molar-refractivity contribution is -0.116. The van der Waals surface area contributed by atoms with Gasteiger partial charge in [0.25, 0.3) is 5.91 Å². The summed E-state index contributed by atoms with van der Waals surface area (Å²) in [6.07, 6.45) is 9.06. The highest BCUT2D eigenvalue weighted by Crippen LogP contribution is 2.20. The molecule has 0 atom stereocenters. The zero-order valence-corrected chi connectivity index (χ0v) is 14.9. The summed E-state index contributed by atoms with van der Waals surface area (Å²) >= 11 is 0. The summed E-state index contributed by atoms with van der Waals surface area (Å²) in [7, 11) is 0. The van der Waals surface area contributed by atoms with Crippen LogP contribution in [0.1, 0.15) is 28.8 Å². The van der Waals surface area contributed by atoms with Crippen LogP contribution in [0.15, 0.2) is 54.7 Å². The van der Waals surface area contributed by atoms with Gasteiger partial charge in [-0.1, -0.05) is 36.3 Å². The standard InChI is InChI=1S/C22H21N3O2/c1-2-14-23-22(27)18-10-4-6-12-20(18)25-21(26)13-7-8-16-15-24-19-11-5-3-9-17(16)19/h1,3-6,9-12,15,24H,7-8,13-14H2,(H,23,27)(H,25,26). The number of hydrogen-bond donors (Lipinski definition) is 3. The van der Waals surface area contributed by atoms with Crippen molar-refractivity contribution < 1.29 is 9.59 Å². The maximum Gasteiger partial charge on any atom is 0.254 e. The fourth-order valence-corrected chi connectivity index (χ4v) is 3.01. The second-order valence-corrected chi connectivity index (χ2v) is 6.19. The van der Waals surface area contributed by atoms with Gasteiger partial charge in [0.05, 0.1) is 17.8 Å². The van der Waals surface area contributed by atoms with Gasteiger partial charge in [-0.3, -0.25) is 9.59 Å². The smallest absolute Gasteiger partial charge is 0.254 e. The normalized spacial score (nSPS) is 10.3. The molecule has 3 N–H and O–H groups in total. The van der Waals surface area contributed by atoms with Crippen molar-refractivity contribution in [2.75, 3.05) is 11.9 Å². The molecule has 5 heteroatoms. The van der Waals surface area contributed by atoms with Crippen LogP contribution in [0.2, 0.25) is 0 Å². The van der Waals surface area contributed by atoms with E-state index >= 15 is 0 Å². The molecule has 1 heterocycles. The molecule has 0 aliphatic heterocycles. The van der Waals surface area contributed by atoms with Gasteiger partial charge >= 0.3 is 0 Å². The van der Waals surface area contributed by atoms with Gasteiger partial charge in [0, 0.05) is 23.5 Å². The Labute approximate surface area is 158 Å². The number of para-hydroxylation sites is 2. The van der Waals surface area contributed by atoms with Gasteiger partial charge in [0.2, 0.25) is 5.91 Å². The Kier molecular flexibility index (Phi) is 5.91. The number of fused-ring (bicyclic) bond motifs is 1. The molecule has 0 fully saturated rings. The number of carbonyl (C=O) groups is 2. The number of rotatable bonds is 7. The number of carbonyl (C=O) groups excluding carboxylic acids is 2. The third-order valence-corrected chi connectivity index (χ3v) is 4.32. The van der Waals surface area contributed by atoms with Gasteiger partial charge in [-0.05, 0) is 36.6 Å². The molecule has 136 valence electrons. The van der Waals surface area contributed by atoms with Gasteiger partial charge in [-0.2, -0.15) is 0 Å². The van der Waals surface area contributed by atoms with E-state index in [4.69, 9.17) is 6.42 Å². The van der Waals surface area contributed by atoms with E-state index in [2.05, 4.69) is 27.6 Å². The molecule has 0 aliphatic rings. The molecule has 1 aromatic heterocycles. The number of benzene rings is 2. The van der Waals surface area contributed by atoms with Crippen LogP contribution in [0, 0.1) is 12.3 Å². The summed E-state index contributed by atoms with van der Waals surface area (Å²) in [5.41, 5.74) is 3.19. The number of anilines is 1. The van der Waals surface area contributed by atoms with Crippen molar-refractivity contribution >= 4 is 28.4 Å². The quantitative estimate of drug-likeness (QED) is 0.565. The fourth-order valence-electron chi connectivity index (χ4n) is 3.01. The largest absolute Gasteiger partial charge is 0.361 e. The Morgan fingerprint density at radius 1 is 1.07 bits per heavy atom. The molecule has 0 saturated carbocycles. The molecule has 3 aromatic rings. The van der Waals surface area contributed by atoms with Gasteiger partial charge in [-0.15, -0.1) is 6.42 Å². The van der Waals surface area contributed by atoms with Crippen molar-refractivity contribution in [2.45, 2.75) is 19.3 Å². The van der Waals surface area contributed by atoms with Crippen LogP contribution in [-0.2, 0) is 11.2 Å². The molecule has 0 unspecified atom stereocenters. The lowest BCUT2D eigenvalue weighted by atomic mass is 10.1. The lowest BCUT2D eigenvalue weighted by Gasteiger charge is -2.10. The average Bonchev–Trinajstić information content (AvgIpc) is 3.10. The lowest BCUT2D eigenvalue weighted by Crippen LogP contribution is -2.25. The Hall–Kier alpha value is -3.52. The van der Waals surface area contributed by atoms with Crippen LogP contribution in [0.3, 0.4) is 0 Å². The van der Waals surface area contributed by atoms with Gasteiger partial charge in [0.1, 0.15) is 0 Å². The number of aromatic amines is 1. The SMILES string of the molecule is C#CCNC(=O)c1ccccc1NC(=O)CCCc1c[nH]c2ccccc12.